The maximum atomic E-state index is 12.7. The van der Waals surface area contributed by atoms with E-state index in [1.54, 1.807) is 12.5 Å². The van der Waals surface area contributed by atoms with Gasteiger partial charge in [0, 0.05) is 18.7 Å². The molecule has 1 spiro atoms. The summed E-state index contributed by atoms with van der Waals surface area (Å²) in [7, 11) is 2.20. The van der Waals surface area contributed by atoms with Gasteiger partial charge >= 0.3 is 0 Å². The van der Waals surface area contributed by atoms with Crippen LogP contribution in [0.5, 0.6) is 0 Å². The molecule has 2 fully saturated rings. The van der Waals surface area contributed by atoms with Crippen LogP contribution in [0.25, 0.3) is 0 Å². The van der Waals surface area contributed by atoms with Gasteiger partial charge in [-0.3, -0.25) is 9.69 Å². The van der Waals surface area contributed by atoms with E-state index in [1.807, 2.05) is 6.07 Å². The summed E-state index contributed by atoms with van der Waals surface area (Å²) < 4.78 is 5.07. The summed E-state index contributed by atoms with van der Waals surface area (Å²) in [5, 5.41) is 3.10. The molecule has 2 aliphatic rings. The third-order valence-corrected chi connectivity index (χ3v) is 5.51. The molecule has 1 atom stereocenters. The van der Waals surface area contributed by atoms with Crippen LogP contribution in [0.2, 0.25) is 0 Å². The van der Waals surface area contributed by atoms with E-state index in [0.29, 0.717) is 12.0 Å². The number of rotatable bonds is 5. The highest BCUT2D eigenvalue weighted by molar-refractivity contribution is 5.82. The van der Waals surface area contributed by atoms with Crippen LogP contribution in [0.4, 0.5) is 0 Å². The van der Waals surface area contributed by atoms with Gasteiger partial charge in [0.2, 0.25) is 5.91 Å². The summed E-state index contributed by atoms with van der Waals surface area (Å²) in [5.41, 5.74) is 1.37. The minimum absolute atomic E-state index is 0.0326. The molecule has 1 aromatic heterocycles. The van der Waals surface area contributed by atoms with Gasteiger partial charge in [-0.05, 0) is 63.8 Å². The van der Waals surface area contributed by atoms with Crippen molar-refractivity contribution in [3.8, 4) is 0 Å². The Hall–Kier alpha value is -1.33. The number of likely N-dealkylation sites (tertiary alicyclic amines) is 2. The van der Waals surface area contributed by atoms with Crippen molar-refractivity contribution in [2.45, 2.75) is 45.2 Å². The fraction of sp³-hybridized carbons (Fsp3) is 0.722. The van der Waals surface area contributed by atoms with Crippen LogP contribution >= 0.6 is 0 Å². The van der Waals surface area contributed by atoms with Crippen molar-refractivity contribution in [3.05, 3.63) is 24.2 Å². The fourth-order valence-corrected chi connectivity index (χ4v) is 4.08. The molecule has 0 aromatic carbocycles. The molecule has 0 radical (unpaired) electrons. The van der Waals surface area contributed by atoms with Gasteiger partial charge in [-0.2, -0.15) is 0 Å². The molecule has 2 saturated heterocycles. The zero-order chi connectivity index (χ0) is 16.3. The summed E-state index contributed by atoms with van der Waals surface area (Å²) >= 11 is 0. The van der Waals surface area contributed by atoms with Gasteiger partial charge < -0.3 is 14.6 Å². The SMILES string of the molecule is CCCN1CC2(CCN(C)CC2)CC1C(=O)NCc1ccoc1. The minimum atomic E-state index is 0.0326. The van der Waals surface area contributed by atoms with Gasteiger partial charge in [-0.25, -0.2) is 0 Å². The van der Waals surface area contributed by atoms with E-state index in [4.69, 9.17) is 4.42 Å². The first-order valence-corrected chi connectivity index (χ1v) is 8.83. The van der Waals surface area contributed by atoms with E-state index in [-0.39, 0.29) is 11.9 Å². The predicted molar refractivity (Wildman–Crippen MR) is 90.0 cm³/mol. The van der Waals surface area contributed by atoms with Crippen molar-refractivity contribution in [2.75, 3.05) is 33.2 Å². The first-order chi connectivity index (χ1) is 11.1. The molecule has 1 aromatic rings. The molecule has 1 N–H and O–H groups in total. The average molecular weight is 319 g/mol. The van der Waals surface area contributed by atoms with Crippen molar-refractivity contribution in [2.24, 2.45) is 5.41 Å². The monoisotopic (exact) mass is 319 g/mol. The molecule has 128 valence electrons. The Balaban J connectivity index is 1.62. The van der Waals surface area contributed by atoms with E-state index in [0.717, 1.165) is 44.6 Å². The van der Waals surface area contributed by atoms with Gasteiger partial charge in [0.1, 0.15) is 0 Å². The first-order valence-electron chi connectivity index (χ1n) is 8.83. The van der Waals surface area contributed by atoms with Crippen molar-refractivity contribution in [3.63, 3.8) is 0 Å². The van der Waals surface area contributed by atoms with E-state index < -0.39 is 0 Å². The smallest absolute Gasteiger partial charge is 0.237 e. The summed E-state index contributed by atoms with van der Waals surface area (Å²) in [6.45, 7) is 7.16. The van der Waals surface area contributed by atoms with Crippen molar-refractivity contribution < 1.29 is 9.21 Å². The van der Waals surface area contributed by atoms with Crippen LogP contribution in [0.1, 0.15) is 38.2 Å². The molecule has 0 saturated carbocycles. The quantitative estimate of drug-likeness (QED) is 0.903. The molecule has 1 amide bonds. The minimum Gasteiger partial charge on any atom is -0.472 e. The third kappa shape index (κ3) is 3.78. The van der Waals surface area contributed by atoms with Crippen LogP contribution < -0.4 is 5.32 Å². The number of hydrogen-bond acceptors (Lipinski definition) is 4. The molecule has 2 aliphatic heterocycles. The largest absolute Gasteiger partial charge is 0.472 e. The Morgan fingerprint density at radius 2 is 2.22 bits per heavy atom. The molecule has 3 heterocycles. The highest BCUT2D eigenvalue weighted by Crippen LogP contribution is 2.43. The fourth-order valence-electron chi connectivity index (χ4n) is 4.08. The van der Waals surface area contributed by atoms with E-state index in [2.05, 4.69) is 29.1 Å². The van der Waals surface area contributed by atoms with Gasteiger partial charge in [0.15, 0.2) is 0 Å². The lowest BCUT2D eigenvalue weighted by atomic mass is 9.76. The first kappa shape index (κ1) is 16.5. The molecular formula is C18H29N3O2. The van der Waals surface area contributed by atoms with Crippen molar-refractivity contribution in [1.29, 1.82) is 0 Å². The summed E-state index contributed by atoms with van der Waals surface area (Å²) in [6.07, 6.45) is 7.88. The van der Waals surface area contributed by atoms with E-state index in [1.165, 1.54) is 12.8 Å². The Kier molecular flexibility index (Phi) is 5.07. The summed E-state index contributed by atoms with van der Waals surface area (Å²) in [5.74, 6) is 0.176. The van der Waals surface area contributed by atoms with Crippen LogP contribution in [0.3, 0.4) is 0 Å². The highest BCUT2D eigenvalue weighted by atomic mass is 16.3. The van der Waals surface area contributed by atoms with E-state index >= 15 is 0 Å². The molecule has 5 heteroatoms. The zero-order valence-electron chi connectivity index (χ0n) is 14.4. The van der Waals surface area contributed by atoms with Crippen molar-refractivity contribution in [1.82, 2.24) is 15.1 Å². The predicted octanol–water partition coefficient (Wildman–Crippen LogP) is 2.09. The van der Waals surface area contributed by atoms with Crippen LogP contribution in [0.15, 0.2) is 23.0 Å². The molecule has 23 heavy (non-hydrogen) atoms. The summed E-state index contributed by atoms with van der Waals surface area (Å²) in [4.78, 5) is 17.5. The number of carbonyl (C=O) groups is 1. The molecular weight excluding hydrogens is 290 g/mol. The molecule has 0 bridgehead atoms. The molecule has 5 nitrogen and oxygen atoms in total. The van der Waals surface area contributed by atoms with Crippen LogP contribution in [-0.4, -0.2) is 55.0 Å². The number of nitrogens with zero attached hydrogens (tertiary/aromatic N) is 2. The second kappa shape index (κ2) is 7.05. The average Bonchev–Trinajstić information content (AvgIpc) is 3.17. The molecule has 1 unspecified atom stereocenters. The zero-order valence-corrected chi connectivity index (χ0v) is 14.4. The van der Waals surface area contributed by atoms with Crippen LogP contribution in [-0.2, 0) is 11.3 Å². The number of carbonyl (C=O) groups excluding carboxylic acids is 1. The number of nitrogens with one attached hydrogen (secondary N) is 1. The maximum absolute atomic E-state index is 12.7. The van der Waals surface area contributed by atoms with Crippen LogP contribution in [0, 0.1) is 5.41 Å². The second-order valence-corrected chi connectivity index (χ2v) is 7.34. The summed E-state index contributed by atoms with van der Waals surface area (Å²) in [6, 6.07) is 1.93. The van der Waals surface area contributed by atoms with Gasteiger partial charge in [0.05, 0.1) is 18.6 Å². The topological polar surface area (TPSA) is 48.7 Å². The third-order valence-electron chi connectivity index (χ3n) is 5.51. The Bertz CT molecular complexity index is 506. The lowest BCUT2D eigenvalue weighted by Gasteiger charge is -2.37. The number of amides is 1. The Morgan fingerprint density at radius 3 is 2.87 bits per heavy atom. The van der Waals surface area contributed by atoms with E-state index in [9.17, 15) is 4.79 Å². The molecule has 0 aliphatic carbocycles. The highest BCUT2D eigenvalue weighted by Gasteiger charge is 2.47. The van der Waals surface area contributed by atoms with Crippen molar-refractivity contribution >= 4 is 5.91 Å². The number of piperidine rings is 1. The van der Waals surface area contributed by atoms with Gasteiger partial charge in [0.25, 0.3) is 0 Å². The standard InChI is InChI=1S/C18H29N3O2/c1-3-7-21-14-18(5-8-20(2)9-6-18)11-16(21)17(22)19-12-15-4-10-23-13-15/h4,10,13,16H,3,5-9,11-12,14H2,1-2H3,(H,19,22). The maximum Gasteiger partial charge on any atom is 0.237 e. The lowest BCUT2D eigenvalue weighted by Crippen LogP contribution is -2.43. The normalized spacial score (nSPS) is 25.0. The lowest BCUT2D eigenvalue weighted by molar-refractivity contribution is -0.125. The second-order valence-electron chi connectivity index (χ2n) is 7.34. The Morgan fingerprint density at radius 1 is 1.43 bits per heavy atom. The van der Waals surface area contributed by atoms with Gasteiger partial charge in [-0.15, -0.1) is 0 Å². The number of furan rings is 1. The number of hydrogen-bond donors (Lipinski definition) is 1. The van der Waals surface area contributed by atoms with Gasteiger partial charge in [-0.1, -0.05) is 6.92 Å². The molecule has 3 rings (SSSR count). The Labute approximate surface area is 139 Å².